The van der Waals surface area contributed by atoms with E-state index in [2.05, 4.69) is 52.7 Å². The molecule has 1 aliphatic carbocycles. The molecule has 36 heavy (non-hydrogen) atoms. The smallest absolute Gasteiger partial charge is 0.263 e. The van der Waals surface area contributed by atoms with Crippen molar-refractivity contribution in [3.63, 3.8) is 0 Å². The number of aromatic nitrogens is 4. The van der Waals surface area contributed by atoms with Crippen LogP contribution < -0.4 is 15.2 Å². The third-order valence-electron chi connectivity index (χ3n) is 7.41. The molecule has 0 bridgehead atoms. The van der Waals surface area contributed by atoms with Gasteiger partial charge in [0.25, 0.3) is 5.88 Å². The summed E-state index contributed by atoms with van der Waals surface area (Å²) >= 11 is 1.90. The quantitative estimate of drug-likeness (QED) is 0.398. The molecule has 1 aliphatic heterocycles. The number of anilines is 1. The number of hydrogen-bond donors (Lipinski definition) is 2. The molecule has 192 valence electrons. The lowest BCUT2D eigenvalue weighted by atomic mass is 9.98. The fourth-order valence-electron chi connectivity index (χ4n) is 5.20. The minimum absolute atomic E-state index is 0.268. The lowest BCUT2D eigenvalue weighted by Gasteiger charge is -2.28. The summed E-state index contributed by atoms with van der Waals surface area (Å²) < 4.78 is 11.6. The first-order valence-corrected chi connectivity index (χ1v) is 13.9. The van der Waals surface area contributed by atoms with Crippen molar-refractivity contribution < 1.29 is 4.74 Å². The van der Waals surface area contributed by atoms with Crippen molar-refractivity contribution in [2.75, 3.05) is 25.9 Å². The fourth-order valence-corrected chi connectivity index (χ4v) is 6.23. The first kappa shape index (κ1) is 25.0. The number of likely N-dealkylation sites (tertiary alicyclic amines) is 1. The second kappa shape index (κ2) is 11.2. The van der Waals surface area contributed by atoms with Crippen molar-refractivity contribution in [1.82, 2.24) is 29.4 Å². The number of hydrogen-bond acceptors (Lipinski definition) is 8. The average molecular weight is 508 g/mol. The van der Waals surface area contributed by atoms with Crippen LogP contribution in [0.1, 0.15) is 61.3 Å². The van der Waals surface area contributed by atoms with Gasteiger partial charge in [-0.25, -0.2) is 9.97 Å². The summed E-state index contributed by atoms with van der Waals surface area (Å²) in [6.45, 7) is 7.34. The monoisotopic (exact) mass is 507 g/mol. The summed E-state index contributed by atoms with van der Waals surface area (Å²) in [4.78, 5) is 11.4. The molecular weight excluding hydrogens is 470 g/mol. The third-order valence-corrected chi connectivity index (χ3v) is 8.53. The summed E-state index contributed by atoms with van der Waals surface area (Å²) in [5.41, 5.74) is 11.7. The van der Waals surface area contributed by atoms with Gasteiger partial charge in [-0.1, -0.05) is 24.8 Å². The Bertz CT molecular complexity index is 1160. The van der Waals surface area contributed by atoms with Crippen molar-refractivity contribution in [3.05, 3.63) is 47.4 Å². The Morgan fingerprint density at radius 1 is 1.08 bits per heavy atom. The van der Waals surface area contributed by atoms with Gasteiger partial charge in [-0.05, 0) is 88.5 Å². The second-order valence-electron chi connectivity index (χ2n) is 10.2. The summed E-state index contributed by atoms with van der Waals surface area (Å²) in [6.07, 6.45) is 12.9. The van der Waals surface area contributed by atoms with Crippen LogP contribution in [0, 0.1) is 13.8 Å². The molecule has 3 aromatic rings. The number of nitrogen functional groups attached to an aromatic ring is 1. The van der Waals surface area contributed by atoms with Crippen LogP contribution in [-0.2, 0) is 6.54 Å². The second-order valence-corrected chi connectivity index (χ2v) is 11.4. The van der Waals surface area contributed by atoms with Gasteiger partial charge >= 0.3 is 0 Å². The first-order chi connectivity index (χ1) is 17.5. The van der Waals surface area contributed by atoms with E-state index in [9.17, 15) is 0 Å². The van der Waals surface area contributed by atoms with Gasteiger partial charge in [-0.15, -0.1) is 0 Å². The first-order valence-electron chi connectivity index (χ1n) is 13.0. The van der Waals surface area contributed by atoms with Crippen molar-refractivity contribution in [3.8, 4) is 22.9 Å². The largest absolute Gasteiger partial charge is 0.433 e. The number of aryl methyl sites for hydroxylation is 2. The highest BCUT2D eigenvalue weighted by molar-refractivity contribution is 7.98. The standard InChI is InChI=1S/C27H37N7OS/c1-18-12-20(13-19(2)24(18)15-31-36-23-6-4-5-7-23)25-16-29-26(28)27(32-25)35-22-14-30-34(17-22)21-8-10-33(3)11-9-21/h12-14,16-17,21,23,31H,4-11,15H2,1-3H3,(H2,28,29). The van der Waals surface area contributed by atoms with E-state index in [1.807, 2.05) is 22.8 Å². The molecule has 0 amide bonds. The Morgan fingerprint density at radius 3 is 2.53 bits per heavy atom. The predicted octanol–water partition coefficient (Wildman–Crippen LogP) is 5.28. The Kier molecular flexibility index (Phi) is 7.79. The number of rotatable bonds is 8. The van der Waals surface area contributed by atoms with Crippen molar-refractivity contribution in [2.24, 2.45) is 0 Å². The molecule has 0 spiro atoms. The highest BCUT2D eigenvalue weighted by Gasteiger charge is 2.20. The van der Waals surface area contributed by atoms with Crippen LogP contribution in [0.2, 0.25) is 0 Å². The van der Waals surface area contributed by atoms with Gasteiger partial charge in [0.2, 0.25) is 0 Å². The molecule has 2 aliphatic rings. The van der Waals surface area contributed by atoms with Gasteiger partial charge < -0.3 is 15.4 Å². The van der Waals surface area contributed by atoms with Crippen molar-refractivity contribution in [1.29, 1.82) is 0 Å². The molecule has 1 saturated heterocycles. The zero-order chi connectivity index (χ0) is 25.1. The molecule has 3 N–H and O–H groups in total. The van der Waals surface area contributed by atoms with E-state index in [0.29, 0.717) is 17.7 Å². The number of nitrogens with zero attached hydrogens (tertiary/aromatic N) is 5. The average Bonchev–Trinajstić information content (AvgIpc) is 3.55. The molecule has 0 radical (unpaired) electrons. The van der Waals surface area contributed by atoms with Crippen LogP contribution >= 0.6 is 11.9 Å². The minimum Gasteiger partial charge on any atom is -0.433 e. The lowest BCUT2D eigenvalue weighted by Crippen LogP contribution is -2.31. The molecule has 2 fully saturated rings. The van der Waals surface area contributed by atoms with E-state index in [4.69, 9.17) is 15.5 Å². The highest BCUT2D eigenvalue weighted by Crippen LogP contribution is 2.31. The van der Waals surface area contributed by atoms with Crippen LogP contribution in [0.4, 0.5) is 5.82 Å². The molecule has 8 nitrogen and oxygen atoms in total. The summed E-state index contributed by atoms with van der Waals surface area (Å²) in [5.74, 6) is 1.20. The maximum absolute atomic E-state index is 6.13. The van der Waals surface area contributed by atoms with E-state index in [1.165, 1.54) is 42.4 Å². The number of nitrogens with two attached hydrogens (primary N) is 1. The normalized spacial score (nSPS) is 17.6. The molecule has 0 unspecified atom stereocenters. The van der Waals surface area contributed by atoms with Gasteiger partial charge in [0.05, 0.1) is 30.3 Å². The van der Waals surface area contributed by atoms with Crippen molar-refractivity contribution >= 4 is 17.8 Å². The maximum Gasteiger partial charge on any atom is 0.263 e. The number of benzene rings is 1. The van der Waals surface area contributed by atoms with E-state index >= 15 is 0 Å². The van der Waals surface area contributed by atoms with E-state index in [0.717, 1.165) is 49.0 Å². The number of piperidine rings is 1. The number of ether oxygens (including phenoxy) is 1. The van der Waals surface area contributed by atoms with E-state index < -0.39 is 0 Å². The Labute approximate surface area is 218 Å². The SMILES string of the molecule is Cc1cc(-c2cnc(N)c(Oc3cnn(C4CCN(C)CC4)c3)n2)cc(C)c1CNSC1CCCC1. The van der Waals surface area contributed by atoms with E-state index in [1.54, 1.807) is 12.4 Å². The van der Waals surface area contributed by atoms with Crippen LogP contribution in [0.3, 0.4) is 0 Å². The third kappa shape index (κ3) is 5.85. The van der Waals surface area contributed by atoms with Crippen LogP contribution in [0.5, 0.6) is 11.6 Å². The van der Waals surface area contributed by atoms with Gasteiger partial charge in [0.15, 0.2) is 11.6 Å². The molecule has 5 rings (SSSR count). The molecule has 1 saturated carbocycles. The minimum atomic E-state index is 0.268. The summed E-state index contributed by atoms with van der Waals surface area (Å²) in [6, 6.07) is 4.74. The van der Waals surface area contributed by atoms with Gasteiger partial charge in [-0.2, -0.15) is 5.10 Å². The van der Waals surface area contributed by atoms with Gasteiger partial charge in [0, 0.05) is 17.4 Å². The van der Waals surface area contributed by atoms with Crippen molar-refractivity contribution in [2.45, 2.75) is 70.2 Å². The Balaban J connectivity index is 1.28. The summed E-state index contributed by atoms with van der Waals surface area (Å²) in [7, 11) is 2.16. The number of nitrogens with one attached hydrogen (secondary N) is 1. The predicted molar refractivity (Wildman–Crippen MR) is 146 cm³/mol. The molecular formula is C27H37N7OS. The Morgan fingerprint density at radius 2 is 1.81 bits per heavy atom. The zero-order valence-corrected chi connectivity index (χ0v) is 22.4. The fraction of sp³-hybridized carbons (Fsp3) is 0.519. The molecule has 3 heterocycles. The molecule has 1 aromatic carbocycles. The van der Waals surface area contributed by atoms with Crippen LogP contribution in [-0.4, -0.2) is 50.0 Å². The topological polar surface area (TPSA) is 94.1 Å². The van der Waals surface area contributed by atoms with Gasteiger partial charge in [-0.3, -0.25) is 9.40 Å². The molecule has 2 aromatic heterocycles. The van der Waals surface area contributed by atoms with E-state index in [-0.39, 0.29) is 5.82 Å². The molecule has 0 atom stereocenters. The van der Waals surface area contributed by atoms with Crippen LogP contribution in [0.15, 0.2) is 30.7 Å². The van der Waals surface area contributed by atoms with Crippen LogP contribution in [0.25, 0.3) is 11.3 Å². The zero-order valence-electron chi connectivity index (χ0n) is 21.5. The van der Waals surface area contributed by atoms with Gasteiger partial charge in [0.1, 0.15) is 0 Å². The Hall–Kier alpha value is -2.62. The maximum atomic E-state index is 6.13. The molecule has 9 heteroatoms. The summed E-state index contributed by atoms with van der Waals surface area (Å²) in [5, 5.41) is 5.28. The highest BCUT2D eigenvalue weighted by atomic mass is 32.2. The lowest BCUT2D eigenvalue weighted by molar-refractivity contribution is 0.212.